The molecule has 0 amide bonds. The van der Waals surface area contributed by atoms with Crippen LogP contribution in [-0.2, 0) is 0 Å². The highest BCUT2D eigenvalue weighted by Crippen LogP contribution is 2.17. The Balaban J connectivity index is 2.28. The third-order valence-corrected chi connectivity index (χ3v) is 2.90. The SMILES string of the molecule is ClC(=Nc1ccccc1)c1ccc(Br)cc1. The van der Waals surface area contributed by atoms with E-state index in [2.05, 4.69) is 20.9 Å². The van der Waals surface area contributed by atoms with Gasteiger partial charge in [0.2, 0.25) is 0 Å². The number of para-hydroxylation sites is 1. The first-order valence-electron chi connectivity index (χ1n) is 4.81. The van der Waals surface area contributed by atoms with Gasteiger partial charge in [-0.15, -0.1) is 0 Å². The molecule has 0 heterocycles. The van der Waals surface area contributed by atoms with Crippen LogP contribution in [0.25, 0.3) is 0 Å². The van der Waals surface area contributed by atoms with Crippen molar-refractivity contribution in [3.63, 3.8) is 0 Å². The molecule has 1 nitrogen and oxygen atoms in total. The highest BCUT2D eigenvalue weighted by atomic mass is 79.9. The van der Waals surface area contributed by atoms with Crippen molar-refractivity contribution < 1.29 is 0 Å². The number of aliphatic imine (C=N–C) groups is 1. The molecular formula is C13H9BrClN. The van der Waals surface area contributed by atoms with E-state index >= 15 is 0 Å². The Kier molecular flexibility index (Phi) is 3.75. The van der Waals surface area contributed by atoms with E-state index in [0.717, 1.165) is 15.7 Å². The van der Waals surface area contributed by atoms with Crippen LogP contribution in [0.15, 0.2) is 64.1 Å². The molecule has 0 spiro atoms. The quantitative estimate of drug-likeness (QED) is 0.708. The monoisotopic (exact) mass is 293 g/mol. The van der Waals surface area contributed by atoms with Gasteiger partial charge < -0.3 is 0 Å². The second-order valence-corrected chi connectivity index (χ2v) is 4.52. The maximum atomic E-state index is 6.13. The minimum atomic E-state index is 0.499. The van der Waals surface area contributed by atoms with Gasteiger partial charge in [-0.25, -0.2) is 4.99 Å². The number of halogens is 2. The van der Waals surface area contributed by atoms with Gasteiger partial charge >= 0.3 is 0 Å². The molecule has 80 valence electrons. The topological polar surface area (TPSA) is 12.4 Å². The van der Waals surface area contributed by atoms with E-state index in [1.54, 1.807) is 0 Å². The molecule has 0 aliphatic carbocycles. The molecule has 0 fully saturated rings. The predicted octanol–water partition coefficient (Wildman–Crippen LogP) is 4.77. The number of hydrogen-bond acceptors (Lipinski definition) is 1. The summed E-state index contributed by atoms with van der Waals surface area (Å²) in [5.41, 5.74) is 1.77. The Morgan fingerprint density at radius 1 is 0.938 bits per heavy atom. The Bertz CT molecular complexity index is 491. The molecule has 0 unspecified atom stereocenters. The Labute approximate surface area is 108 Å². The summed E-state index contributed by atoms with van der Waals surface area (Å²) in [6.07, 6.45) is 0. The van der Waals surface area contributed by atoms with Crippen LogP contribution in [0.1, 0.15) is 5.56 Å². The maximum Gasteiger partial charge on any atom is 0.136 e. The molecular weight excluding hydrogens is 286 g/mol. The molecule has 2 rings (SSSR count). The summed E-state index contributed by atoms with van der Waals surface area (Å²) in [6.45, 7) is 0. The maximum absolute atomic E-state index is 6.13. The summed E-state index contributed by atoms with van der Waals surface area (Å²) in [4.78, 5) is 4.33. The van der Waals surface area contributed by atoms with Crippen LogP contribution in [0, 0.1) is 0 Å². The number of rotatable bonds is 2. The number of benzene rings is 2. The van der Waals surface area contributed by atoms with E-state index in [1.165, 1.54) is 0 Å². The van der Waals surface area contributed by atoms with Gasteiger partial charge in [0.15, 0.2) is 0 Å². The number of hydrogen-bond donors (Lipinski definition) is 0. The first-order valence-corrected chi connectivity index (χ1v) is 5.98. The lowest BCUT2D eigenvalue weighted by atomic mass is 10.2. The molecule has 0 radical (unpaired) electrons. The second kappa shape index (κ2) is 5.28. The second-order valence-electron chi connectivity index (χ2n) is 3.25. The highest BCUT2D eigenvalue weighted by molar-refractivity contribution is 9.10. The first-order chi connectivity index (χ1) is 7.75. The molecule has 2 aromatic rings. The Hall–Kier alpha value is -1.12. The summed E-state index contributed by atoms with van der Waals surface area (Å²) >= 11 is 9.51. The van der Waals surface area contributed by atoms with Crippen molar-refractivity contribution in [1.29, 1.82) is 0 Å². The van der Waals surface area contributed by atoms with E-state index < -0.39 is 0 Å². The third kappa shape index (κ3) is 2.94. The van der Waals surface area contributed by atoms with Gasteiger partial charge in [-0.2, -0.15) is 0 Å². The summed E-state index contributed by atoms with van der Waals surface area (Å²) in [7, 11) is 0. The molecule has 2 aromatic carbocycles. The van der Waals surface area contributed by atoms with E-state index in [0.29, 0.717) is 5.17 Å². The van der Waals surface area contributed by atoms with Gasteiger partial charge in [0.25, 0.3) is 0 Å². The van der Waals surface area contributed by atoms with Crippen molar-refractivity contribution in [2.24, 2.45) is 4.99 Å². The van der Waals surface area contributed by atoms with Crippen molar-refractivity contribution in [3.05, 3.63) is 64.6 Å². The first kappa shape index (κ1) is 11.4. The van der Waals surface area contributed by atoms with Crippen LogP contribution >= 0.6 is 27.5 Å². The van der Waals surface area contributed by atoms with Crippen LogP contribution < -0.4 is 0 Å². The van der Waals surface area contributed by atoms with Crippen molar-refractivity contribution in [1.82, 2.24) is 0 Å². The summed E-state index contributed by atoms with van der Waals surface area (Å²) < 4.78 is 1.03. The van der Waals surface area contributed by atoms with Crippen LogP contribution in [0.2, 0.25) is 0 Å². The molecule has 16 heavy (non-hydrogen) atoms. The Morgan fingerprint density at radius 2 is 1.56 bits per heavy atom. The third-order valence-electron chi connectivity index (χ3n) is 2.07. The Morgan fingerprint density at radius 3 is 2.19 bits per heavy atom. The normalized spacial score (nSPS) is 11.5. The van der Waals surface area contributed by atoms with Crippen LogP contribution in [0.5, 0.6) is 0 Å². The minimum absolute atomic E-state index is 0.499. The van der Waals surface area contributed by atoms with E-state index in [4.69, 9.17) is 11.6 Å². The largest absolute Gasteiger partial charge is 0.236 e. The summed E-state index contributed by atoms with van der Waals surface area (Å²) in [6, 6.07) is 17.4. The van der Waals surface area contributed by atoms with Gasteiger partial charge in [-0.3, -0.25) is 0 Å². The summed E-state index contributed by atoms with van der Waals surface area (Å²) in [5, 5.41) is 0.499. The fourth-order valence-electron chi connectivity index (χ4n) is 1.27. The van der Waals surface area contributed by atoms with Gasteiger partial charge in [-0.1, -0.05) is 57.9 Å². The van der Waals surface area contributed by atoms with Gasteiger partial charge in [0, 0.05) is 10.0 Å². The average Bonchev–Trinajstić information content (AvgIpc) is 2.31. The fraction of sp³-hybridized carbons (Fsp3) is 0. The number of nitrogens with zero attached hydrogens (tertiary/aromatic N) is 1. The van der Waals surface area contributed by atoms with Gasteiger partial charge in [0.1, 0.15) is 5.17 Å². The molecule has 3 heteroatoms. The molecule has 0 saturated carbocycles. The molecule has 0 saturated heterocycles. The smallest absolute Gasteiger partial charge is 0.136 e. The van der Waals surface area contributed by atoms with Crippen molar-refractivity contribution >= 4 is 38.4 Å². The predicted molar refractivity (Wildman–Crippen MR) is 72.6 cm³/mol. The molecule has 0 atom stereocenters. The average molecular weight is 295 g/mol. The molecule has 0 bridgehead atoms. The highest BCUT2D eigenvalue weighted by Gasteiger charge is 1.99. The van der Waals surface area contributed by atoms with Crippen LogP contribution in [-0.4, -0.2) is 5.17 Å². The van der Waals surface area contributed by atoms with Crippen LogP contribution in [0.3, 0.4) is 0 Å². The fourth-order valence-corrected chi connectivity index (χ4v) is 1.76. The molecule has 0 aromatic heterocycles. The molecule has 0 aliphatic heterocycles. The zero-order valence-electron chi connectivity index (χ0n) is 8.40. The lowest BCUT2D eigenvalue weighted by Crippen LogP contribution is -1.89. The standard InChI is InChI=1S/C13H9BrClN/c14-11-8-6-10(7-9-11)13(15)16-12-4-2-1-3-5-12/h1-9H. The van der Waals surface area contributed by atoms with Gasteiger partial charge in [0.05, 0.1) is 5.69 Å². The lowest BCUT2D eigenvalue weighted by Gasteiger charge is -1.99. The zero-order chi connectivity index (χ0) is 11.4. The minimum Gasteiger partial charge on any atom is -0.236 e. The summed E-state index contributed by atoms with van der Waals surface area (Å²) in [5.74, 6) is 0. The van der Waals surface area contributed by atoms with E-state index in [9.17, 15) is 0 Å². The van der Waals surface area contributed by atoms with Crippen molar-refractivity contribution in [3.8, 4) is 0 Å². The van der Waals surface area contributed by atoms with E-state index in [1.807, 2.05) is 54.6 Å². The van der Waals surface area contributed by atoms with Crippen molar-refractivity contribution in [2.75, 3.05) is 0 Å². The molecule has 0 aliphatic rings. The molecule has 0 N–H and O–H groups in total. The van der Waals surface area contributed by atoms with E-state index in [-0.39, 0.29) is 0 Å². The lowest BCUT2D eigenvalue weighted by molar-refractivity contribution is 1.51. The zero-order valence-corrected chi connectivity index (χ0v) is 10.7. The van der Waals surface area contributed by atoms with Gasteiger partial charge in [-0.05, 0) is 24.3 Å². The van der Waals surface area contributed by atoms with Crippen molar-refractivity contribution in [2.45, 2.75) is 0 Å². The van der Waals surface area contributed by atoms with Crippen LogP contribution in [0.4, 0.5) is 5.69 Å².